The van der Waals surface area contributed by atoms with Gasteiger partial charge in [-0.05, 0) is 48.4 Å². The summed E-state index contributed by atoms with van der Waals surface area (Å²) in [4.78, 5) is 25.1. The predicted molar refractivity (Wildman–Crippen MR) is 112 cm³/mol. The summed E-state index contributed by atoms with van der Waals surface area (Å²) in [7, 11) is -2.02. The van der Waals surface area contributed by atoms with Gasteiger partial charge in [-0.1, -0.05) is 0 Å². The first-order valence-electron chi connectivity index (χ1n) is 10.2. The van der Waals surface area contributed by atoms with E-state index in [0.717, 1.165) is 36.0 Å². The molecular weight excluding hydrogens is 422 g/mol. The van der Waals surface area contributed by atoms with Crippen molar-refractivity contribution in [3.05, 3.63) is 34.5 Å². The maximum atomic E-state index is 13.1. The number of benzene rings is 1. The largest absolute Gasteiger partial charge is 0.474 e. The van der Waals surface area contributed by atoms with Crippen LogP contribution in [0.25, 0.3) is 0 Å². The van der Waals surface area contributed by atoms with Crippen molar-refractivity contribution in [2.24, 2.45) is 9.50 Å². The number of aromatic nitrogens is 2. The molecule has 2 amide bonds. The first-order valence-corrected chi connectivity index (χ1v) is 11.7. The van der Waals surface area contributed by atoms with Gasteiger partial charge in [0.1, 0.15) is 17.6 Å². The van der Waals surface area contributed by atoms with Gasteiger partial charge in [0, 0.05) is 24.8 Å². The van der Waals surface area contributed by atoms with Crippen molar-refractivity contribution in [1.29, 1.82) is 0 Å². The Bertz CT molecular complexity index is 1230. The number of hydrogen-bond donors (Lipinski definition) is 2. The molecule has 1 aromatic carbocycles. The molecule has 0 spiro atoms. The van der Waals surface area contributed by atoms with E-state index in [4.69, 9.17) is 14.6 Å². The van der Waals surface area contributed by atoms with E-state index in [-0.39, 0.29) is 29.3 Å². The highest BCUT2D eigenvalue weighted by molar-refractivity contribution is 7.91. The van der Waals surface area contributed by atoms with Crippen LogP contribution >= 0.6 is 0 Å². The number of hydrogen-bond acceptors (Lipinski definition) is 6. The second-order valence-electron chi connectivity index (χ2n) is 7.95. The van der Waals surface area contributed by atoms with Crippen molar-refractivity contribution in [2.45, 2.75) is 49.6 Å². The number of methoxy groups -OCH3 is 1. The van der Waals surface area contributed by atoms with Crippen LogP contribution in [-0.4, -0.2) is 45.6 Å². The molecule has 3 aliphatic rings. The second kappa shape index (κ2) is 7.43. The Kier molecular flexibility index (Phi) is 4.83. The first-order chi connectivity index (χ1) is 14.9. The number of amides is 2. The van der Waals surface area contributed by atoms with E-state index in [9.17, 15) is 13.8 Å². The highest BCUT2D eigenvalue weighted by atomic mass is 32.2. The van der Waals surface area contributed by atoms with Crippen molar-refractivity contribution in [3.8, 4) is 5.88 Å². The SMILES string of the molecule is COC1COc2c(S(N)(=O)=NC(=O)Nc3c4c(cc5c3CCC5=O)CCC4)cnn2C1. The fourth-order valence-electron chi connectivity index (χ4n) is 4.52. The smallest absolute Gasteiger partial charge is 0.354 e. The Labute approximate surface area is 179 Å². The molecule has 2 heterocycles. The molecule has 2 aromatic rings. The highest BCUT2D eigenvalue weighted by Crippen LogP contribution is 2.38. The topological polar surface area (TPSA) is 138 Å². The van der Waals surface area contributed by atoms with Crippen molar-refractivity contribution < 1.29 is 23.3 Å². The van der Waals surface area contributed by atoms with Gasteiger partial charge in [-0.15, -0.1) is 4.36 Å². The number of nitrogens with two attached hydrogens (primary N) is 1. The lowest BCUT2D eigenvalue weighted by Crippen LogP contribution is -2.32. The van der Waals surface area contributed by atoms with Crippen molar-refractivity contribution in [1.82, 2.24) is 9.78 Å². The Balaban J connectivity index is 1.47. The number of urea groups is 1. The average Bonchev–Trinajstić information content (AvgIpc) is 3.45. The van der Waals surface area contributed by atoms with E-state index in [1.54, 1.807) is 7.11 Å². The lowest BCUT2D eigenvalue weighted by atomic mass is 9.98. The standard InChI is InChI=1S/C20H23N5O5S/c1-29-12-9-25-19(30-10-12)17(8-22-25)31(21,28)24-20(27)23-18-13-4-2-3-11(13)7-15-14(18)5-6-16(15)26/h7-8,12H,2-6,9-10H2,1H3,(H3,21,23,24,27,28). The molecule has 11 heteroatoms. The molecule has 0 bridgehead atoms. The molecule has 10 nitrogen and oxygen atoms in total. The number of ether oxygens (including phenoxy) is 2. The van der Waals surface area contributed by atoms with Crippen LogP contribution in [0, 0.1) is 0 Å². The predicted octanol–water partition coefficient (Wildman–Crippen LogP) is 1.84. The molecule has 2 aliphatic carbocycles. The lowest BCUT2D eigenvalue weighted by molar-refractivity contribution is 0.0165. The van der Waals surface area contributed by atoms with Crippen LogP contribution < -0.4 is 15.2 Å². The van der Waals surface area contributed by atoms with E-state index >= 15 is 0 Å². The molecule has 5 rings (SSSR count). The molecule has 0 saturated heterocycles. The van der Waals surface area contributed by atoms with Gasteiger partial charge in [-0.3, -0.25) is 4.79 Å². The van der Waals surface area contributed by atoms with Crippen molar-refractivity contribution in [2.75, 3.05) is 19.0 Å². The Morgan fingerprint density at radius 3 is 3.00 bits per heavy atom. The van der Waals surface area contributed by atoms with Crippen LogP contribution in [-0.2, 0) is 40.5 Å². The summed E-state index contributed by atoms with van der Waals surface area (Å²) in [5.74, 6) is 0.308. The van der Waals surface area contributed by atoms with E-state index in [0.29, 0.717) is 30.6 Å². The van der Waals surface area contributed by atoms with Crippen LogP contribution in [0.4, 0.5) is 10.5 Å². The average molecular weight is 446 g/mol. The third-order valence-electron chi connectivity index (χ3n) is 6.05. The molecule has 2 unspecified atom stereocenters. The minimum atomic E-state index is -3.59. The number of aryl methyl sites for hydroxylation is 1. The Morgan fingerprint density at radius 2 is 2.19 bits per heavy atom. The van der Waals surface area contributed by atoms with Gasteiger partial charge in [-0.25, -0.2) is 18.8 Å². The van der Waals surface area contributed by atoms with Crippen LogP contribution in [0.15, 0.2) is 21.5 Å². The van der Waals surface area contributed by atoms with Gasteiger partial charge >= 0.3 is 6.03 Å². The molecule has 0 saturated carbocycles. The number of Topliss-reactive ketones (excluding diaryl/α,β-unsaturated/α-hetero) is 1. The number of ketones is 1. The zero-order valence-corrected chi connectivity index (χ0v) is 17.9. The van der Waals surface area contributed by atoms with Crippen molar-refractivity contribution in [3.63, 3.8) is 0 Å². The van der Waals surface area contributed by atoms with E-state index < -0.39 is 15.9 Å². The summed E-state index contributed by atoms with van der Waals surface area (Å²) in [5.41, 5.74) is 4.21. The van der Waals surface area contributed by atoms with Crippen molar-refractivity contribution >= 4 is 27.4 Å². The monoisotopic (exact) mass is 445 g/mol. The van der Waals surface area contributed by atoms with Gasteiger partial charge in [0.15, 0.2) is 15.7 Å². The van der Waals surface area contributed by atoms with Crippen LogP contribution in [0.5, 0.6) is 5.88 Å². The quantitative estimate of drug-likeness (QED) is 0.739. The molecule has 0 radical (unpaired) electrons. The summed E-state index contributed by atoms with van der Waals surface area (Å²) >= 11 is 0. The maximum absolute atomic E-state index is 13.1. The molecule has 0 fully saturated rings. The normalized spacial score (nSPS) is 21.0. The summed E-state index contributed by atoms with van der Waals surface area (Å²) < 4.78 is 29.2. The fourth-order valence-corrected chi connectivity index (χ4v) is 5.52. The second-order valence-corrected chi connectivity index (χ2v) is 9.71. The van der Waals surface area contributed by atoms with E-state index in [1.165, 1.54) is 10.9 Å². The molecule has 31 heavy (non-hydrogen) atoms. The molecule has 2 atom stereocenters. The number of anilines is 1. The van der Waals surface area contributed by atoms with Crippen LogP contribution in [0.1, 0.15) is 39.9 Å². The Hall–Kier alpha value is -2.76. The summed E-state index contributed by atoms with van der Waals surface area (Å²) in [6, 6.07) is 1.13. The van der Waals surface area contributed by atoms with Gasteiger partial charge in [-0.2, -0.15) is 5.10 Å². The third-order valence-corrected chi connectivity index (χ3v) is 7.40. The first kappa shape index (κ1) is 20.2. The zero-order valence-electron chi connectivity index (χ0n) is 17.1. The molecule has 1 aliphatic heterocycles. The summed E-state index contributed by atoms with van der Waals surface area (Å²) in [6.07, 6.45) is 4.77. The minimum absolute atomic E-state index is 0.0656. The number of carbonyl (C=O) groups excluding carboxylic acids is 2. The van der Waals surface area contributed by atoms with Gasteiger partial charge in [0.05, 0.1) is 12.7 Å². The maximum Gasteiger partial charge on any atom is 0.354 e. The van der Waals surface area contributed by atoms with Gasteiger partial charge < -0.3 is 14.8 Å². The van der Waals surface area contributed by atoms with E-state index in [2.05, 4.69) is 14.8 Å². The molecular formula is C20H23N5O5S. The molecule has 3 N–H and O–H groups in total. The minimum Gasteiger partial charge on any atom is -0.474 e. The van der Waals surface area contributed by atoms with E-state index in [1.807, 2.05) is 6.07 Å². The number of rotatable bonds is 3. The summed E-state index contributed by atoms with van der Waals surface area (Å²) in [5, 5.41) is 12.9. The zero-order chi connectivity index (χ0) is 21.8. The fraction of sp³-hybridized carbons (Fsp3) is 0.450. The van der Waals surface area contributed by atoms with Gasteiger partial charge in [0.2, 0.25) is 5.88 Å². The Morgan fingerprint density at radius 1 is 1.35 bits per heavy atom. The van der Waals surface area contributed by atoms with Gasteiger partial charge in [0.25, 0.3) is 0 Å². The lowest BCUT2D eigenvalue weighted by Gasteiger charge is -2.23. The number of carbonyl (C=O) groups is 2. The summed E-state index contributed by atoms with van der Waals surface area (Å²) in [6.45, 7) is 0.678. The van der Waals surface area contributed by atoms with Crippen LogP contribution in [0.3, 0.4) is 0 Å². The van der Waals surface area contributed by atoms with Crippen LogP contribution in [0.2, 0.25) is 0 Å². The molecule has 164 valence electrons. The molecule has 1 aromatic heterocycles. The number of fused-ring (bicyclic) bond motifs is 3. The number of nitrogens with one attached hydrogen (secondary N) is 1. The highest BCUT2D eigenvalue weighted by Gasteiger charge is 2.30. The third kappa shape index (κ3) is 3.42. The number of nitrogens with zero attached hydrogens (tertiary/aromatic N) is 3.